The van der Waals surface area contributed by atoms with Crippen molar-refractivity contribution in [1.29, 1.82) is 0 Å². The number of hydrogen-bond donors (Lipinski definition) is 0. The molecule has 1 fully saturated rings. The zero-order chi connectivity index (χ0) is 13.1. The number of hydrogen-bond acceptors (Lipinski definition) is 4. The Morgan fingerprint density at radius 1 is 1.50 bits per heavy atom. The number of carbonyl (C=O) groups is 1. The molecule has 3 nitrogen and oxygen atoms in total. The van der Waals surface area contributed by atoms with Crippen LogP contribution in [0.15, 0.2) is 9.72 Å². The van der Waals surface area contributed by atoms with Crippen LogP contribution in [0.5, 0.6) is 0 Å². The number of rotatable bonds is 3. The van der Waals surface area contributed by atoms with Gasteiger partial charge in [0.25, 0.3) is 0 Å². The standard InChI is InChI=1S/C13H20N2OS2/c1-9-7-17-13(14-9)18-8-12(16)15-10(2)5-4-6-11(15)3/h7,10-11H,4-6,8H2,1-3H3. The molecule has 2 heterocycles. The molecule has 1 amide bonds. The van der Waals surface area contributed by atoms with Crippen LogP contribution in [0.4, 0.5) is 0 Å². The molecular formula is C13H20N2OS2. The lowest BCUT2D eigenvalue weighted by atomic mass is 9.98. The average Bonchev–Trinajstić information content (AvgIpc) is 2.72. The molecule has 2 rings (SSSR count). The topological polar surface area (TPSA) is 33.2 Å². The minimum absolute atomic E-state index is 0.257. The Balaban J connectivity index is 1.90. The Hall–Kier alpha value is -0.550. The minimum atomic E-state index is 0.257. The molecule has 18 heavy (non-hydrogen) atoms. The Morgan fingerprint density at radius 3 is 2.72 bits per heavy atom. The number of aromatic nitrogens is 1. The summed E-state index contributed by atoms with van der Waals surface area (Å²) in [6.45, 7) is 6.30. The van der Waals surface area contributed by atoms with E-state index in [0.717, 1.165) is 22.9 Å². The largest absolute Gasteiger partial charge is 0.337 e. The number of thioether (sulfide) groups is 1. The molecule has 100 valence electrons. The molecule has 5 heteroatoms. The van der Waals surface area contributed by atoms with Crippen LogP contribution < -0.4 is 0 Å². The average molecular weight is 284 g/mol. The van der Waals surface area contributed by atoms with Crippen molar-refractivity contribution in [2.75, 3.05) is 5.75 Å². The molecule has 0 saturated carbocycles. The van der Waals surface area contributed by atoms with E-state index in [2.05, 4.69) is 23.7 Å². The summed E-state index contributed by atoms with van der Waals surface area (Å²) in [6.07, 6.45) is 3.51. The number of likely N-dealkylation sites (tertiary alicyclic amines) is 1. The van der Waals surface area contributed by atoms with Crippen LogP contribution in [-0.4, -0.2) is 33.6 Å². The number of aryl methyl sites for hydroxylation is 1. The lowest BCUT2D eigenvalue weighted by Crippen LogP contribution is -2.48. The normalized spacial score (nSPS) is 24.3. The maximum atomic E-state index is 12.3. The van der Waals surface area contributed by atoms with Crippen LogP contribution >= 0.6 is 23.1 Å². The fourth-order valence-corrected chi connectivity index (χ4v) is 4.23. The summed E-state index contributed by atoms with van der Waals surface area (Å²) in [5.74, 6) is 0.773. The Morgan fingerprint density at radius 2 is 2.17 bits per heavy atom. The predicted molar refractivity (Wildman–Crippen MR) is 77.2 cm³/mol. The van der Waals surface area contributed by atoms with Gasteiger partial charge in [0.15, 0.2) is 4.34 Å². The Bertz CT molecular complexity index is 409. The van der Waals surface area contributed by atoms with Gasteiger partial charge in [0.2, 0.25) is 5.91 Å². The molecule has 0 radical (unpaired) electrons. The van der Waals surface area contributed by atoms with Crippen molar-refractivity contribution < 1.29 is 4.79 Å². The van der Waals surface area contributed by atoms with Crippen molar-refractivity contribution in [3.05, 3.63) is 11.1 Å². The molecule has 2 atom stereocenters. The van der Waals surface area contributed by atoms with Crippen LogP contribution in [0.2, 0.25) is 0 Å². The van der Waals surface area contributed by atoms with Gasteiger partial charge in [-0.2, -0.15) is 0 Å². The number of carbonyl (C=O) groups excluding carboxylic acids is 1. The Labute approximate surface area is 117 Å². The third-order valence-corrected chi connectivity index (χ3v) is 5.52. The van der Waals surface area contributed by atoms with Crippen LogP contribution in [0.1, 0.15) is 38.8 Å². The highest BCUT2D eigenvalue weighted by Gasteiger charge is 2.28. The van der Waals surface area contributed by atoms with Gasteiger partial charge in [-0.15, -0.1) is 11.3 Å². The summed E-state index contributed by atoms with van der Waals surface area (Å²) in [4.78, 5) is 18.7. The zero-order valence-electron chi connectivity index (χ0n) is 11.2. The third-order valence-electron chi connectivity index (χ3n) is 3.40. The number of piperidine rings is 1. The first-order valence-electron chi connectivity index (χ1n) is 6.44. The van der Waals surface area contributed by atoms with E-state index in [9.17, 15) is 4.79 Å². The van der Waals surface area contributed by atoms with Crippen molar-refractivity contribution in [3.8, 4) is 0 Å². The maximum absolute atomic E-state index is 12.3. The second-order valence-electron chi connectivity index (χ2n) is 4.97. The fraction of sp³-hybridized carbons (Fsp3) is 0.692. The molecule has 2 unspecified atom stereocenters. The van der Waals surface area contributed by atoms with Crippen LogP contribution in [-0.2, 0) is 4.79 Å². The minimum Gasteiger partial charge on any atom is -0.337 e. The molecule has 0 aromatic carbocycles. The third kappa shape index (κ3) is 3.26. The molecule has 1 aromatic heterocycles. The van der Waals surface area contributed by atoms with Crippen molar-refractivity contribution in [1.82, 2.24) is 9.88 Å². The highest BCUT2D eigenvalue weighted by atomic mass is 32.2. The lowest BCUT2D eigenvalue weighted by molar-refractivity contribution is -0.134. The summed E-state index contributed by atoms with van der Waals surface area (Å²) in [6, 6.07) is 0.778. The number of thiazole rings is 1. The Kier molecular flexibility index (Phi) is 4.67. The van der Waals surface area contributed by atoms with Gasteiger partial charge in [0, 0.05) is 23.2 Å². The van der Waals surface area contributed by atoms with E-state index in [1.807, 2.05) is 12.3 Å². The number of amides is 1. The fourth-order valence-electron chi connectivity index (χ4n) is 2.51. The summed E-state index contributed by atoms with van der Waals surface area (Å²) in [5.41, 5.74) is 1.04. The first kappa shape index (κ1) is 13.9. The van der Waals surface area contributed by atoms with Gasteiger partial charge in [-0.25, -0.2) is 4.98 Å². The van der Waals surface area contributed by atoms with E-state index in [1.54, 1.807) is 23.1 Å². The second kappa shape index (κ2) is 6.06. The van der Waals surface area contributed by atoms with E-state index >= 15 is 0 Å². The highest BCUT2D eigenvalue weighted by molar-refractivity contribution is 8.01. The summed E-state index contributed by atoms with van der Waals surface area (Å²) in [5, 5.41) is 2.03. The molecule has 0 N–H and O–H groups in total. The predicted octanol–water partition coefficient (Wildman–Crippen LogP) is 3.33. The van der Waals surface area contributed by atoms with Crippen molar-refractivity contribution in [2.24, 2.45) is 0 Å². The van der Waals surface area contributed by atoms with E-state index in [1.165, 1.54) is 6.42 Å². The van der Waals surface area contributed by atoms with Gasteiger partial charge in [-0.1, -0.05) is 11.8 Å². The van der Waals surface area contributed by atoms with Crippen molar-refractivity contribution in [2.45, 2.75) is 56.5 Å². The van der Waals surface area contributed by atoms with Gasteiger partial charge >= 0.3 is 0 Å². The van der Waals surface area contributed by atoms with Gasteiger partial charge < -0.3 is 4.90 Å². The van der Waals surface area contributed by atoms with Crippen molar-refractivity contribution >= 4 is 29.0 Å². The van der Waals surface area contributed by atoms with E-state index in [-0.39, 0.29) is 5.91 Å². The molecule has 1 saturated heterocycles. The first-order valence-corrected chi connectivity index (χ1v) is 8.30. The summed E-state index contributed by atoms with van der Waals surface area (Å²) < 4.78 is 0.998. The zero-order valence-corrected chi connectivity index (χ0v) is 12.8. The summed E-state index contributed by atoms with van der Waals surface area (Å²) in [7, 11) is 0. The number of nitrogens with zero attached hydrogens (tertiary/aromatic N) is 2. The first-order chi connectivity index (χ1) is 8.58. The van der Waals surface area contributed by atoms with Crippen molar-refractivity contribution in [3.63, 3.8) is 0 Å². The van der Waals surface area contributed by atoms with Crippen LogP contribution in [0, 0.1) is 6.92 Å². The lowest BCUT2D eigenvalue weighted by Gasteiger charge is -2.39. The molecule has 1 aliphatic heterocycles. The molecule has 1 aromatic rings. The molecule has 0 aliphatic carbocycles. The molecular weight excluding hydrogens is 264 g/mol. The highest BCUT2D eigenvalue weighted by Crippen LogP contribution is 2.26. The summed E-state index contributed by atoms with van der Waals surface area (Å²) >= 11 is 3.18. The van der Waals surface area contributed by atoms with Gasteiger partial charge in [-0.3, -0.25) is 4.79 Å². The van der Waals surface area contributed by atoms with Gasteiger partial charge in [0.05, 0.1) is 5.75 Å². The van der Waals surface area contributed by atoms with E-state index < -0.39 is 0 Å². The monoisotopic (exact) mass is 284 g/mol. The second-order valence-corrected chi connectivity index (χ2v) is 7.05. The van der Waals surface area contributed by atoms with E-state index in [0.29, 0.717) is 17.8 Å². The molecule has 0 spiro atoms. The van der Waals surface area contributed by atoms with Crippen LogP contribution in [0.25, 0.3) is 0 Å². The van der Waals surface area contributed by atoms with Crippen LogP contribution in [0.3, 0.4) is 0 Å². The molecule has 1 aliphatic rings. The molecule has 0 bridgehead atoms. The van der Waals surface area contributed by atoms with Gasteiger partial charge in [-0.05, 0) is 40.0 Å². The smallest absolute Gasteiger partial charge is 0.233 e. The maximum Gasteiger partial charge on any atom is 0.233 e. The SMILES string of the molecule is Cc1csc(SCC(=O)N2C(C)CCCC2C)n1. The quantitative estimate of drug-likeness (QED) is 0.798. The van der Waals surface area contributed by atoms with E-state index in [4.69, 9.17) is 0 Å². The van der Waals surface area contributed by atoms with Gasteiger partial charge in [0.1, 0.15) is 0 Å².